The van der Waals surface area contributed by atoms with Crippen LogP contribution in [0.2, 0.25) is 0 Å². The highest BCUT2D eigenvalue weighted by Gasteiger charge is 2.30. The first kappa shape index (κ1) is 12.9. The van der Waals surface area contributed by atoms with Crippen LogP contribution in [0, 0.1) is 15.9 Å². The summed E-state index contributed by atoms with van der Waals surface area (Å²) in [5, 5.41) is 29.3. The van der Waals surface area contributed by atoms with Gasteiger partial charge in [-0.1, -0.05) is 12.1 Å². The normalized spacial score (nSPS) is 24.4. The first-order valence-corrected chi connectivity index (χ1v) is 5.49. The van der Waals surface area contributed by atoms with Crippen LogP contribution in [0.5, 0.6) is 0 Å². The van der Waals surface area contributed by atoms with Crippen molar-refractivity contribution in [2.24, 2.45) is 0 Å². The molecule has 0 radical (unpaired) electrons. The Labute approximate surface area is 102 Å². The number of rotatable bonds is 3. The minimum Gasteiger partial charge on any atom is -0.389 e. The number of nitro benzene ring substituents is 1. The number of nitrogens with zero attached hydrogens (tertiary/aromatic N) is 2. The number of likely N-dealkylation sites (tertiary alicyclic amines) is 1. The standard InChI is InChI=1S/C11H13FN2O4/c12-11-7(2-1-3-8(11)14(17)18)4-13-5-9(15)10(16)6-13/h1-3,9-10,15-16H,4-6H2. The van der Waals surface area contributed by atoms with Crippen LogP contribution in [-0.2, 0) is 6.54 Å². The van der Waals surface area contributed by atoms with Crippen LogP contribution in [-0.4, -0.2) is 45.3 Å². The third-order valence-corrected chi connectivity index (χ3v) is 2.98. The molecule has 1 aromatic carbocycles. The van der Waals surface area contributed by atoms with E-state index in [0.29, 0.717) is 0 Å². The number of aliphatic hydroxyl groups excluding tert-OH is 2. The van der Waals surface area contributed by atoms with Crippen molar-refractivity contribution in [2.45, 2.75) is 18.8 Å². The number of β-amino-alcohol motifs (C(OH)–C–C–N with tert-alkyl or cyclic N) is 2. The zero-order valence-corrected chi connectivity index (χ0v) is 9.49. The maximum Gasteiger partial charge on any atom is 0.305 e. The summed E-state index contributed by atoms with van der Waals surface area (Å²) in [6.07, 6.45) is -1.71. The Kier molecular flexibility index (Phi) is 3.55. The number of hydrogen-bond acceptors (Lipinski definition) is 5. The van der Waals surface area contributed by atoms with Gasteiger partial charge in [0.25, 0.3) is 0 Å². The Bertz CT molecular complexity index is 458. The van der Waals surface area contributed by atoms with Crippen molar-refractivity contribution >= 4 is 5.69 Å². The maximum absolute atomic E-state index is 13.8. The summed E-state index contributed by atoms with van der Waals surface area (Å²) in [7, 11) is 0. The van der Waals surface area contributed by atoms with Crippen LogP contribution in [0.25, 0.3) is 0 Å². The van der Waals surface area contributed by atoms with E-state index in [9.17, 15) is 24.7 Å². The Morgan fingerprint density at radius 3 is 2.56 bits per heavy atom. The molecule has 1 fully saturated rings. The minimum absolute atomic E-state index is 0.127. The van der Waals surface area contributed by atoms with Gasteiger partial charge >= 0.3 is 5.69 Å². The SMILES string of the molecule is O=[N+]([O-])c1cccc(CN2CC(O)C(O)C2)c1F. The third kappa shape index (κ3) is 2.47. The third-order valence-electron chi connectivity index (χ3n) is 2.98. The molecule has 0 bridgehead atoms. The van der Waals surface area contributed by atoms with Crippen molar-refractivity contribution in [3.05, 3.63) is 39.7 Å². The second-order valence-electron chi connectivity index (χ2n) is 4.34. The van der Waals surface area contributed by atoms with Gasteiger partial charge in [-0.15, -0.1) is 0 Å². The molecule has 1 heterocycles. The van der Waals surface area contributed by atoms with Gasteiger partial charge in [0.15, 0.2) is 0 Å². The molecule has 98 valence electrons. The second kappa shape index (κ2) is 4.97. The van der Waals surface area contributed by atoms with E-state index in [2.05, 4.69) is 0 Å². The van der Waals surface area contributed by atoms with Gasteiger partial charge in [0.1, 0.15) is 0 Å². The van der Waals surface area contributed by atoms with Gasteiger partial charge < -0.3 is 10.2 Å². The predicted molar refractivity (Wildman–Crippen MR) is 60.3 cm³/mol. The molecule has 0 spiro atoms. The first-order chi connectivity index (χ1) is 8.49. The summed E-state index contributed by atoms with van der Waals surface area (Å²) >= 11 is 0. The van der Waals surface area contributed by atoms with E-state index in [0.717, 1.165) is 6.07 Å². The summed E-state index contributed by atoms with van der Waals surface area (Å²) in [5.74, 6) is -0.863. The Hall–Kier alpha value is -1.57. The Balaban J connectivity index is 2.15. The van der Waals surface area contributed by atoms with E-state index in [1.807, 2.05) is 0 Å². The molecule has 1 aliphatic heterocycles. The first-order valence-electron chi connectivity index (χ1n) is 5.49. The average molecular weight is 256 g/mol. The molecule has 0 aliphatic carbocycles. The summed E-state index contributed by atoms with van der Waals surface area (Å²) in [5.41, 5.74) is -0.377. The lowest BCUT2D eigenvalue weighted by molar-refractivity contribution is -0.387. The van der Waals surface area contributed by atoms with Gasteiger partial charge in [0, 0.05) is 31.3 Å². The molecule has 0 aromatic heterocycles. The average Bonchev–Trinajstić information content (AvgIpc) is 2.60. The van der Waals surface area contributed by atoms with E-state index in [4.69, 9.17) is 0 Å². The van der Waals surface area contributed by atoms with Crippen molar-refractivity contribution in [3.8, 4) is 0 Å². The number of halogens is 1. The van der Waals surface area contributed by atoms with Crippen LogP contribution < -0.4 is 0 Å². The van der Waals surface area contributed by atoms with Gasteiger partial charge in [-0.25, -0.2) is 0 Å². The quantitative estimate of drug-likeness (QED) is 0.599. The van der Waals surface area contributed by atoms with E-state index in [1.165, 1.54) is 12.1 Å². The summed E-state index contributed by atoms with van der Waals surface area (Å²) in [6.45, 7) is 0.578. The van der Waals surface area contributed by atoms with E-state index >= 15 is 0 Å². The van der Waals surface area contributed by atoms with Crippen molar-refractivity contribution in [3.63, 3.8) is 0 Å². The molecule has 0 amide bonds. The molecule has 2 atom stereocenters. The van der Waals surface area contributed by atoms with Crippen molar-refractivity contribution in [1.29, 1.82) is 0 Å². The molecule has 1 saturated heterocycles. The molecule has 6 nitrogen and oxygen atoms in total. The minimum atomic E-state index is -0.863. The Morgan fingerprint density at radius 2 is 2.00 bits per heavy atom. The van der Waals surface area contributed by atoms with Gasteiger partial charge in [-0.3, -0.25) is 15.0 Å². The molecule has 18 heavy (non-hydrogen) atoms. The van der Waals surface area contributed by atoms with Gasteiger partial charge in [0.2, 0.25) is 5.82 Å². The molecule has 1 aliphatic rings. The largest absolute Gasteiger partial charge is 0.389 e. The summed E-state index contributed by atoms with van der Waals surface area (Å²) < 4.78 is 13.8. The van der Waals surface area contributed by atoms with Gasteiger partial charge in [-0.05, 0) is 0 Å². The van der Waals surface area contributed by atoms with E-state index < -0.39 is 28.6 Å². The topological polar surface area (TPSA) is 86.8 Å². The molecular weight excluding hydrogens is 243 g/mol. The Morgan fingerprint density at radius 1 is 1.39 bits per heavy atom. The van der Waals surface area contributed by atoms with Gasteiger partial charge in [0.05, 0.1) is 17.1 Å². The zero-order chi connectivity index (χ0) is 13.3. The summed E-state index contributed by atoms with van der Waals surface area (Å²) in [6, 6.07) is 3.98. The number of aliphatic hydroxyl groups is 2. The molecule has 7 heteroatoms. The van der Waals surface area contributed by atoms with Gasteiger partial charge in [-0.2, -0.15) is 4.39 Å². The summed E-state index contributed by atoms with van der Waals surface area (Å²) in [4.78, 5) is 11.5. The molecular formula is C11H13FN2O4. The van der Waals surface area contributed by atoms with Crippen LogP contribution in [0.1, 0.15) is 5.56 Å². The van der Waals surface area contributed by atoms with Crippen LogP contribution >= 0.6 is 0 Å². The molecule has 2 rings (SSSR count). The fourth-order valence-electron chi connectivity index (χ4n) is 2.05. The lowest BCUT2D eigenvalue weighted by Crippen LogP contribution is -2.22. The fraction of sp³-hybridized carbons (Fsp3) is 0.455. The van der Waals surface area contributed by atoms with Crippen LogP contribution in [0.15, 0.2) is 18.2 Å². The lowest BCUT2D eigenvalue weighted by Gasteiger charge is -2.14. The van der Waals surface area contributed by atoms with Crippen molar-refractivity contribution in [1.82, 2.24) is 4.90 Å². The maximum atomic E-state index is 13.8. The van der Waals surface area contributed by atoms with Crippen molar-refractivity contribution < 1.29 is 19.5 Å². The highest BCUT2D eigenvalue weighted by Crippen LogP contribution is 2.22. The zero-order valence-electron chi connectivity index (χ0n) is 9.49. The smallest absolute Gasteiger partial charge is 0.305 e. The second-order valence-corrected chi connectivity index (χ2v) is 4.34. The van der Waals surface area contributed by atoms with Crippen LogP contribution in [0.4, 0.5) is 10.1 Å². The molecule has 1 aromatic rings. The number of hydrogen-bond donors (Lipinski definition) is 2. The molecule has 2 unspecified atom stereocenters. The predicted octanol–water partition coefficient (Wildman–Crippen LogP) is 0.271. The fourth-order valence-corrected chi connectivity index (χ4v) is 2.05. The van der Waals surface area contributed by atoms with Crippen LogP contribution in [0.3, 0.4) is 0 Å². The highest BCUT2D eigenvalue weighted by atomic mass is 19.1. The monoisotopic (exact) mass is 256 g/mol. The lowest BCUT2D eigenvalue weighted by atomic mass is 10.1. The van der Waals surface area contributed by atoms with E-state index in [-0.39, 0.29) is 25.2 Å². The molecule has 0 saturated carbocycles. The highest BCUT2D eigenvalue weighted by molar-refractivity contribution is 5.36. The van der Waals surface area contributed by atoms with E-state index in [1.54, 1.807) is 4.90 Å². The number of nitro groups is 1. The molecule has 2 N–H and O–H groups in total. The number of benzene rings is 1. The van der Waals surface area contributed by atoms with Crippen molar-refractivity contribution in [2.75, 3.05) is 13.1 Å².